The molecular weight excluding hydrogens is 182 g/mol. The van der Waals surface area contributed by atoms with Crippen LogP contribution in [0.5, 0.6) is 0 Å². The Morgan fingerprint density at radius 3 is 2.29 bits per heavy atom. The molecule has 0 aromatic carbocycles. The molecule has 0 bridgehead atoms. The second-order valence-electron chi connectivity index (χ2n) is 3.44. The zero-order valence-electron chi connectivity index (χ0n) is 8.49. The summed E-state index contributed by atoms with van der Waals surface area (Å²) >= 11 is 0. The van der Waals surface area contributed by atoms with Gasteiger partial charge in [0, 0.05) is 5.57 Å². The van der Waals surface area contributed by atoms with E-state index < -0.39 is 11.8 Å². The average Bonchev–Trinajstić information content (AvgIpc) is 2.01. The second-order valence-corrected chi connectivity index (χ2v) is 3.44. The van der Waals surface area contributed by atoms with E-state index in [2.05, 4.69) is 0 Å². The smallest absolute Gasteiger partial charge is 0.331 e. The molecule has 0 rings (SSSR count). The van der Waals surface area contributed by atoms with E-state index in [-0.39, 0.29) is 0 Å². The number of hydrogen-bond donors (Lipinski definition) is 4. The highest BCUT2D eigenvalue weighted by Gasteiger charge is 2.11. The molecule has 0 spiro atoms. The molecule has 0 aromatic heterocycles. The summed E-state index contributed by atoms with van der Waals surface area (Å²) in [5.74, 6) is -2.01. The van der Waals surface area contributed by atoms with Gasteiger partial charge in [0.25, 0.3) is 0 Å². The van der Waals surface area contributed by atoms with Gasteiger partial charge in [0.15, 0.2) is 0 Å². The van der Waals surface area contributed by atoms with Gasteiger partial charge in [0.05, 0.1) is 0 Å². The van der Waals surface area contributed by atoms with Crippen molar-refractivity contribution < 1.29 is 9.90 Å². The molecule has 0 aliphatic heterocycles. The van der Waals surface area contributed by atoms with Crippen molar-refractivity contribution in [1.29, 1.82) is 0 Å². The van der Waals surface area contributed by atoms with Crippen molar-refractivity contribution in [2.24, 2.45) is 17.2 Å². The van der Waals surface area contributed by atoms with Crippen molar-refractivity contribution in [1.82, 2.24) is 0 Å². The molecule has 5 nitrogen and oxygen atoms in total. The third kappa shape index (κ3) is 6.59. The summed E-state index contributed by atoms with van der Waals surface area (Å²) in [5, 5.41) is 8.69. The topological polar surface area (TPSA) is 115 Å². The normalized spacial score (nSPS) is 13.0. The number of allylic oxidation sites excluding steroid dienone is 1. The van der Waals surface area contributed by atoms with Crippen molar-refractivity contribution in [3.05, 3.63) is 11.6 Å². The van der Waals surface area contributed by atoms with Crippen molar-refractivity contribution in [2.75, 3.05) is 0 Å². The highest BCUT2D eigenvalue weighted by Crippen LogP contribution is 2.10. The van der Waals surface area contributed by atoms with Crippen molar-refractivity contribution in [2.45, 2.75) is 38.4 Å². The zero-order chi connectivity index (χ0) is 11.2. The van der Waals surface area contributed by atoms with Crippen LogP contribution in [0.3, 0.4) is 0 Å². The van der Waals surface area contributed by atoms with Crippen LogP contribution in [-0.2, 0) is 4.79 Å². The fourth-order valence-corrected chi connectivity index (χ4v) is 1.12. The van der Waals surface area contributed by atoms with Crippen LogP contribution in [0.4, 0.5) is 0 Å². The van der Waals surface area contributed by atoms with E-state index >= 15 is 0 Å². The minimum atomic E-state index is -1.14. The molecule has 0 amide bonds. The molecule has 0 fully saturated rings. The van der Waals surface area contributed by atoms with Gasteiger partial charge in [-0.3, -0.25) is 0 Å². The molecule has 0 atom stereocenters. The van der Waals surface area contributed by atoms with Gasteiger partial charge in [-0.1, -0.05) is 6.08 Å². The van der Waals surface area contributed by atoms with Gasteiger partial charge >= 0.3 is 5.97 Å². The Morgan fingerprint density at radius 1 is 1.36 bits per heavy atom. The van der Waals surface area contributed by atoms with E-state index in [1.165, 1.54) is 0 Å². The third-order valence-electron chi connectivity index (χ3n) is 1.93. The first-order chi connectivity index (χ1) is 6.37. The lowest BCUT2D eigenvalue weighted by atomic mass is 10.1. The Labute approximate surface area is 83.9 Å². The Morgan fingerprint density at radius 2 is 1.93 bits per heavy atom. The molecule has 0 aliphatic rings. The molecular formula is C9H19N3O2. The molecule has 7 N–H and O–H groups in total. The lowest BCUT2D eigenvalue weighted by molar-refractivity contribution is -0.132. The van der Waals surface area contributed by atoms with Gasteiger partial charge < -0.3 is 22.3 Å². The molecule has 0 saturated heterocycles. The Bertz CT molecular complexity index is 219. The molecule has 5 heteroatoms. The number of carboxylic acid groups (broad SMARTS) is 1. The SMILES string of the molecule is CC=C(CCCCC(N)(N)N)C(=O)O. The molecule has 0 radical (unpaired) electrons. The standard InChI is InChI=1S/C9H19N3O2/c1-2-7(8(13)14)5-3-4-6-9(10,11)12/h2H,3-6,10-12H2,1H3,(H,13,14). The van der Waals surface area contributed by atoms with Crippen LogP contribution in [0.15, 0.2) is 11.6 Å². The highest BCUT2D eigenvalue weighted by atomic mass is 16.4. The summed E-state index contributed by atoms with van der Waals surface area (Å²) in [5.41, 5.74) is 16.5. The Hall–Kier alpha value is -0.910. The first kappa shape index (κ1) is 13.1. The maximum absolute atomic E-state index is 10.6. The van der Waals surface area contributed by atoms with Gasteiger partial charge in [-0.2, -0.15) is 0 Å². The van der Waals surface area contributed by atoms with Crippen molar-refractivity contribution >= 4 is 5.97 Å². The average molecular weight is 201 g/mol. The maximum Gasteiger partial charge on any atom is 0.331 e. The minimum absolute atomic E-state index is 0.418. The van der Waals surface area contributed by atoms with E-state index in [4.69, 9.17) is 22.3 Å². The monoisotopic (exact) mass is 201 g/mol. The van der Waals surface area contributed by atoms with E-state index in [9.17, 15) is 4.79 Å². The Kier molecular flexibility index (Phi) is 5.37. The summed E-state index contributed by atoms with van der Waals surface area (Å²) in [4.78, 5) is 10.6. The molecule has 0 aromatic rings. The number of aliphatic carboxylic acids is 1. The van der Waals surface area contributed by atoms with Crippen LogP contribution in [0, 0.1) is 0 Å². The number of unbranched alkanes of at least 4 members (excludes halogenated alkanes) is 1. The largest absolute Gasteiger partial charge is 0.478 e. The van der Waals surface area contributed by atoms with Crippen LogP contribution in [0.25, 0.3) is 0 Å². The molecule has 0 heterocycles. The minimum Gasteiger partial charge on any atom is -0.478 e. The third-order valence-corrected chi connectivity index (χ3v) is 1.93. The van der Waals surface area contributed by atoms with Crippen LogP contribution in [0.1, 0.15) is 32.6 Å². The van der Waals surface area contributed by atoms with Gasteiger partial charge in [-0.05, 0) is 32.6 Å². The summed E-state index contributed by atoms with van der Waals surface area (Å²) < 4.78 is 0. The molecule has 14 heavy (non-hydrogen) atoms. The predicted molar refractivity (Wildman–Crippen MR) is 55.2 cm³/mol. The number of carboxylic acids is 1. The Balaban J connectivity index is 3.69. The molecule has 0 saturated carbocycles. The summed E-state index contributed by atoms with van der Waals surface area (Å²) in [7, 11) is 0. The number of nitrogens with two attached hydrogens (primary N) is 3. The van der Waals surface area contributed by atoms with Gasteiger partial charge in [0.1, 0.15) is 5.79 Å². The van der Waals surface area contributed by atoms with Crippen LogP contribution in [0.2, 0.25) is 0 Å². The fraction of sp³-hybridized carbons (Fsp3) is 0.667. The van der Waals surface area contributed by atoms with Crippen LogP contribution in [-0.4, -0.2) is 16.9 Å². The first-order valence-electron chi connectivity index (χ1n) is 4.62. The maximum atomic E-state index is 10.6. The van der Waals surface area contributed by atoms with Gasteiger partial charge in [0.2, 0.25) is 0 Å². The fourth-order valence-electron chi connectivity index (χ4n) is 1.12. The lowest BCUT2D eigenvalue weighted by Crippen LogP contribution is -2.57. The summed E-state index contributed by atoms with van der Waals surface area (Å²) in [6.07, 6.45) is 4.09. The molecule has 0 aliphatic carbocycles. The summed E-state index contributed by atoms with van der Waals surface area (Å²) in [6, 6.07) is 0. The lowest BCUT2D eigenvalue weighted by Gasteiger charge is -2.17. The van der Waals surface area contributed by atoms with Crippen molar-refractivity contribution in [3.63, 3.8) is 0 Å². The summed E-state index contributed by atoms with van der Waals surface area (Å²) in [6.45, 7) is 1.71. The predicted octanol–water partition coefficient (Wildman–Crippen LogP) is 0.108. The first-order valence-corrected chi connectivity index (χ1v) is 4.62. The van der Waals surface area contributed by atoms with Crippen LogP contribution >= 0.6 is 0 Å². The van der Waals surface area contributed by atoms with Crippen LogP contribution < -0.4 is 17.2 Å². The van der Waals surface area contributed by atoms with Crippen molar-refractivity contribution in [3.8, 4) is 0 Å². The highest BCUT2D eigenvalue weighted by molar-refractivity contribution is 5.86. The quantitative estimate of drug-likeness (QED) is 0.276. The second kappa shape index (κ2) is 5.74. The van der Waals surface area contributed by atoms with E-state index in [0.29, 0.717) is 18.4 Å². The van der Waals surface area contributed by atoms with Gasteiger partial charge in [-0.25, -0.2) is 4.79 Å². The number of carbonyl (C=O) groups is 1. The number of hydrogen-bond acceptors (Lipinski definition) is 4. The van der Waals surface area contributed by atoms with E-state index in [0.717, 1.165) is 12.8 Å². The van der Waals surface area contributed by atoms with E-state index in [1.807, 2.05) is 0 Å². The molecule has 0 unspecified atom stereocenters. The van der Waals surface area contributed by atoms with E-state index in [1.54, 1.807) is 13.0 Å². The number of rotatable bonds is 6. The zero-order valence-corrected chi connectivity index (χ0v) is 8.49. The molecule has 82 valence electrons. The van der Waals surface area contributed by atoms with Gasteiger partial charge in [-0.15, -0.1) is 0 Å².